The molecule has 6 nitrogen and oxygen atoms in total. The van der Waals surface area contributed by atoms with Crippen LogP contribution in [0.5, 0.6) is 0 Å². The van der Waals surface area contributed by atoms with Crippen LogP contribution in [0.4, 0.5) is 0 Å². The highest BCUT2D eigenvalue weighted by Gasteiger charge is 1.98. The smallest absolute Gasteiger partial charge is 0.0704 e. The molecular formula is C29H94N2O4. The fourth-order valence-corrected chi connectivity index (χ4v) is 1.36. The molecule has 35 heavy (non-hydrogen) atoms. The van der Waals surface area contributed by atoms with Crippen LogP contribution in [0.15, 0.2) is 0 Å². The number of methoxy groups -OCH3 is 2. The molecule has 0 fully saturated rings. The van der Waals surface area contributed by atoms with Gasteiger partial charge in [-0.1, -0.05) is 111 Å². The van der Waals surface area contributed by atoms with Crippen LogP contribution >= 0.6 is 0 Å². The average molecular weight is 535 g/mol. The quantitative estimate of drug-likeness (QED) is 0.243. The van der Waals surface area contributed by atoms with Crippen LogP contribution in [0.25, 0.3) is 0 Å². The van der Waals surface area contributed by atoms with E-state index in [4.69, 9.17) is 18.9 Å². The van der Waals surface area contributed by atoms with E-state index in [0.29, 0.717) is 26.4 Å². The van der Waals surface area contributed by atoms with Crippen molar-refractivity contribution in [2.75, 3.05) is 67.8 Å². The van der Waals surface area contributed by atoms with E-state index in [2.05, 4.69) is 10.6 Å². The van der Waals surface area contributed by atoms with Gasteiger partial charge < -0.3 is 29.6 Å². The van der Waals surface area contributed by atoms with Gasteiger partial charge in [0.1, 0.15) is 0 Å². The lowest BCUT2D eigenvalue weighted by molar-refractivity contribution is 0.0275. The van der Waals surface area contributed by atoms with Gasteiger partial charge in [0, 0.05) is 27.3 Å². The maximum absolute atomic E-state index is 5.34. The Morgan fingerprint density at radius 3 is 0.771 bits per heavy atom. The van der Waals surface area contributed by atoms with Crippen molar-refractivity contribution in [2.45, 2.75) is 137 Å². The fourth-order valence-electron chi connectivity index (χ4n) is 1.36. The summed E-state index contributed by atoms with van der Waals surface area (Å²) in [7, 11) is 7.17. The number of hydrogen-bond donors (Lipinski definition) is 2. The molecular weight excluding hydrogens is 440 g/mol. The standard InChI is InChI=1S/2C7H17NO2.15CH4/c2*1-7(6-8-2)10-5-4-9-3;;;;;;;;;;;;;;;/h2*7-8H,4-6H2,1-3H3;15*1H4. The minimum atomic E-state index is 0. The van der Waals surface area contributed by atoms with Crippen LogP contribution < -0.4 is 10.6 Å². The lowest BCUT2D eigenvalue weighted by Gasteiger charge is -2.11. The van der Waals surface area contributed by atoms with Crippen LogP contribution in [-0.2, 0) is 18.9 Å². The first-order valence-electron chi connectivity index (χ1n) is 7.12. The largest absolute Gasteiger partial charge is 0.382 e. The van der Waals surface area contributed by atoms with Crippen molar-refractivity contribution in [1.82, 2.24) is 10.6 Å². The van der Waals surface area contributed by atoms with Gasteiger partial charge in [-0.2, -0.15) is 0 Å². The topological polar surface area (TPSA) is 61.0 Å². The Bertz CT molecular complexity index is 161. The Morgan fingerprint density at radius 2 is 0.629 bits per heavy atom. The Labute approximate surface area is 235 Å². The molecule has 0 saturated heterocycles. The minimum absolute atomic E-state index is 0. The second kappa shape index (κ2) is 115. The lowest BCUT2D eigenvalue weighted by Crippen LogP contribution is -2.24. The van der Waals surface area contributed by atoms with Gasteiger partial charge in [0.2, 0.25) is 0 Å². The molecule has 0 spiro atoms. The number of hydrogen-bond acceptors (Lipinski definition) is 6. The predicted octanol–water partition coefficient (Wildman–Crippen LogP) is 10.1. The van der Waals surface area contributed by atoms with Gasteiger partial charge in [0.15, 0.2) is 0 Å². The van der Waals surface area contributed by atoms with E-state index in [0.717, 1.165) is 13.1 Å². The summed E-state index contributed by atoms with van der Waals surface area (Å²) >= 11 is 0. The number of likely N-dealkylation sites (N-methyl/N-ethyl adjacent to an activating group) is 2. The van der Waals surface area contributed by atoms with E-state index in [-0.39, 0.29) is 124 Å². The molecule has 0 aromatic heterocycles. The predicted molar refractivity (Wildman–Crippen MR) is 183 cm³/mol. The van der Waals surface area contributed by atoms with E-state index in [9.17, 15) is 0 Å². The fraction of sp³-hybridized carbons (Fsp3) is 1.00. The van der Waals surface area contributed by atoms with E-state index < -0.39 is 0 Å². The van der Waals surface area contributed by atoms with E-state index in [1.165, 1.54) is 0 Å². The van der Waals surface area contributed by atoms with Crippen LogP contribution in [-0.4, -0.2) is 80.0 Å². The summed E-state index contributed by atoms with van der Waals surface area (Å²) in [5.74, 6) is 0. The monoisotopic (exact) mass is 535 g/mol. The van der Waals surface area contributed by atoms with Crippen molar-refractivity contribution in [2.24, 2.45) is 0 Å². The first kappa shape index (κ1) is 126. The summed E-state index contributed by atoms with van der Waals surface area (Å²) in [6.07, 6.45) is 0.556. The minimum Gasteiger partial charge on any atom is -0.382 e. The van der Waals surface area contributed by atoms with Gasteiger partial charge in [-0.25, -0.2) is 0 Å². The molecule has 2 N–H and O–H groups in total. The van der Waals surface area contributed by atoms with Gasteiger partial charge in [0.25, 0.3) is 0 Å². The summed E-state index contributed by atoms with van der Waals surface area (Å²) in [6.45, 7) is 8.56. The molecule has 0 aromatic carbocycles. The van der Waals surface area contributed by atoms with Crippen molar-refractivity contribution in [3.8, 4) is 0 Å². The van der Waals surface area contributed by atoms with Crippen LogP contribution in [0.3, 0.4) is 0 Å². The molecule has 0 saturated carbocycles. The molecule has 0 amide bonds. The summed E-state index contributed by atoms with van der Waals surface area (Å²) in [5.41, 5.74) is 0. The number of ether oxygens (including phenoxy) is 4. The zero-order valence-corrected chi connectivity index (χ0v) is 14.0. The Hall–Kier alpha value is -0.240. The number of rotatable bonds is 12. The Morgan fingerprint density at radius 1 is 0.429 bits per heavy atom. The third-order valence-corrected chi connectivity index (χ3v) is 2.36. The molecule has 0 aromatic rings. The molecule has 0 radical (unpaired) electrons. The molecule has 0 heterocycles. The molecule has 244 valence electrons. The van der Waals surface area contributed by atoms with Crippen molar-refractivity contribution < 1.29 is 18.9 Å². The van der Waals surface area contributed by atoms with Crippen molar-refractivity contribution in [1.29, 1.82) is 0 Å². The maximum Gasteiger partial charge on any atom is 0.0704 e. The van der Waals surface area contributed by atoms with Gasteiger partial charge in [0.05, 0.1) is 38.6 Å². The normalized spacial score (nSPS) is 7.71. The second-order valence-electron chi connectivity index (χ2n) is 4.46. The summed E-state index contributed by atoms with van der Waals surface area (Å²) in [5, 5.41) is 6.06. The van der Waals surface area contributed by atoms with Gasteiger partial charge in [-0.3, -0.25) is 0 Å². The highest BCUT2D eigenvalue weighted by atomic mass is 16.5. The summed E-state index contributed by atoms with van der Waals surface area (Å²) in [6, 6.07) is 0. The van der Waals surface area contributed by atoms with E-state index >= 15 is 0 Å². The van der Waals surface area contributed by atoms with Gasteiger partial charge in [-0.15, -0.1) is 0 Å². The molecule has 0 aliphatic heterocycles. The zero-order valence-electron chi connectivity index (χ0n) is 14.0. The van der Waals surface area contributed by atoms with Crippen LogP contribution in [0, 0.1) is 0 Å². The van der Waals surface area contributed by atoms with E-state index in [1.807, 2.05) is 27.9 Å². The lowest BCUT2D eigenvalue weighted by atomic mass is 10.4. The number of nitrogens with one attached hydrogen (secondary N) is 2. The van der Waals surface area contributed by atoms with Crippen molar-refractivity contribution in [3.63, 3.8) is 0 Å². The molecule has 2 unspecified atom stereocenters. The van der Waals surface area contributed by atoms with Gasteiger partial charge >= 0.3 is 0 Å². The molecule has 0 aliphatic rings. The highest BCUT2D eigenvalue weighted by Crippen LogP contribution is 1.87. The summed E-state index contributed by atoms with van der Waals surface area (Å²) < 4.78 is 20.3. The van der Waals surface area contributed by atoms with E-state index in [1.54, 1.807) is 14.2 Å². The van der Waals surface area contributed by atoms with Crippen molar-refractivity contribution >= 4 is 0 Å². The Balaban J connectivity index is -0.00000000864. The molecule has 0 rings (SSSR count). The third-order valence-electron chi connectivity index (χ3n) is 2.36. The zero-order chi connectivity index (χ0) is 15.6. The maximum atomic E-state index is 5.34. The molecule has 2 atom stereocenters. The molecule has 6 heteroatoms. The first-order valence-corrected chi connectivity index (χ1v) is 7.12. The summed E-state index contributed by atoms with van der Waals surface area (Å²) in [4.78, 5) is 0. The van der Waals surface area contributed by atoms with Crippen molar-refractivity contribution in [3.05, 3.63) is 0 Å². The molecule has 0 bridgehead atoms. The van der Waals surface area contributed by atoms with Gasteiger partial charge in [-0.05, 0) is 27.9 Å². The highest BCUT2D eigenvalue weighted by molar-refractivity contribution is 4.51. The first-order chi connectivity index (χ1) is 9.62. The van der Waals surface area contributed by atoms with Crippen LogP contribution in [0.1, 0.15) is 125 Å². The SMILES string of the molecule is C.C.C.C.C.C.C.C.C.C.C.C.C.C.C.CNCC(C)OCCOC.CNCC(C)OCCOC. The molecule has 0 aliphatic carbocycles. The third kappa shape index (κ3) is 137. The van der Waals surface area contributed by atoms with Crippen LogP contribution in [0.2, 0.25) is 0 Å². The Kier molecular flexibility index (Phi) is 412. The average Bonchev–Trinajstić information content (AvgIpc) is 2.41. The second-order valence-corrected chi connectivity index (χ2v) is 4.46.